The molecule has 0 spiro atoms. The molecule has 0 saturated carbocycles. The molecular weight excluding hydrogens is 248 g/mol. The molecule has 0 amide bonds. The summed E-state index contributed by atoms with van der Waals surface area (Å²) in [6.07, 6.45) is 0.533. The van der Waals surface area contributed by atoms with Crippen LogP contribution in [0.5, 0.6) is 0 Å². The van der Waals surface area contributed by atoms with Crippen LogP contribution < -0.4 is 0 Å². The van der Waals surface area contributed by atoms with Crippen molar-refractivity contribution in [2.24, 2.45) is 10.2 Å². The third-order valence-electron chi connectivity index (χ3n) is 3.28. The van der Waals surface area contributed by atoms with Crippen LogP contribution in [0.4, 0.5) is 5.69 Å². The molecule has 0 aliphatic heterocycles. The second-order valence-electron chi connectivity index (χ2n) is 4.66. The Hall–Kier alpha value is -2.29. The predicted molar refractivity (Wildman–Crippen MR) is 81.7 cm³/mol. The van der Waals surface area contributed by atoms with E-state index in [9.17, 15) is 4.79 Å². The van der Waals surface area contributed by atoms with Gasteiger partial charge in [0.15, 0.2) is 5.78 Å². The summed E-state index contributed by atoms with van der Waals surface area (Å²) in [5.74, 6) is 0.168. The summed E-state index contributed by atoms with van der Waals surface area (Å²) in [6, 6.07) is 13.8. The highest BCUT2D eigenvalue weighted by Crippen LogP contribution is 2.27. The number of carbonyl (C=O) groups is 1. The molecule has 0 fully saturated rings. The molecule has 102 valence electrons. The van der Waals surface area contributed by atoms with Crippen molar-refractivity contribution in [2.45, 2.75) is 20.3 Å². The maximum Gasteiger partial charge on any atom is 0.162 e. The molecule has 20 heavy (non-hydrogen) atoms. The fourth-order valence-corrected chi connectivity index (χ4v) is 2.06. The third kappa shape index (κ3) is 2.99. The van der Waals surface area contributed by atoms with Crippen LogP contribution in [0.15, 0.2) is 52.7 Å². The fraction of sp³-hybridized carbons (Fsp3) is 0.235. The first-order valence-corrected chi connectivity index (χ1v) is 6.70. The van der Waals surface area contributed by atoms with Crippen molar-refractivity contribution in [3.63, 3.8) is 0 Å². The Balaban J connectivity index is 2.36. The Morgan fingerprint density at radius 3 is 2.30 bits per heavy atom. The number of hydrogen-bond donors (Lipinski definition) is 0. The van der Waals surface area contributed by atoms with E-state index in [-0.39, 0.29) is 5.78 Å². The largest absolute Gasteiger partial charge is 0.294 e. The number of rotatable bonds is 4. The zero-order valence-corrected chi connectivity index (χ0v) is 12.1. The molecule has 0 aliphatic carbocycles. The molecular formula is C17H18N2O. The van der Waals surface area contributed by atoms with E-state index in [1.165, 1.54) is 0 Å². The van der Waals surface area contributed by atoms with Crippen molar-refractivity contribution in [2.75, 3.05) is 7.05 Å². The van der Waals surface area contributed by atoms with Gasteiger partial charge >= 0.3 is 0 Å². The van der Waals surface area contributed by atoms with Gasteiger partial charge in [-0.2, -0.15) is 10.2 Å². The molecule has 2 rings (SSSR count). The van der Waals surface area contributed by atoms with Gasteiger partial charge in [0.1, 0.15) is 0 Å². The van der Waals surface area contributed by atoms with E-state index in [2.05, 4.69) is 16.3 Å². The van der Waals surface area contributed by atoms with E-state index in [4.69, 9.17) is 0 Å². The summed E-state index contributed by atoms with van der Waals surface area (Å²) in [5, 5.41) is 7.95. The fourth-order valence-electron chi connectivity index (χ4n) is 2.06. The monoisotopic (exact) mass is 266 g/mol. The highest BCUT2D eigenvalue weighted by atomic mass is 16.1. The highest BCUT2D eigenvalue weighted by Gasteiger charge is 2.05. The Morgan fingerprint density at radius 1 is 1.05 bits per heavy atom. The smallest absolute Gasteiger partial charge is 0.162 e. The number of aryl methyl sites for hydroxylation is 1. The number of benzene rings is 2. The van der Waals surface area contributed by atoms with Gasteiger partial charge in [-0.3, -0.25) is 4.79 Å². The van der Waals surface area contributed by atoms with Crippen LogP contribution in [-0.2, 0) is 0 Å². The van der Waals surface area contributed by atoms with Crippen LogP contribution in [0, 0.1) is 6.92 Å². The van der Waals surface area contributed by atoms with Crippen molar-refractivity contribution in [3.8, 4) is 11.1 Å². The Bertz CT molecular complexity index is 643. The third-order valence-corrected chi connectivity index (χ3v) is 3.28. The molecule has 0 saturated heterocycles. The predicted octanol–water partition coefficient (Wildman–Crippen LogP) is 4.97. The topological polar surface area (TPSA) is 41.8 Å². The molecule has 0 N–H and O–H groups in total. The normalized spacial score (nSPS) is 10.9. The van der Waals surface area contributed by atoms with E-state index in [1.807, 2.05) is 50.2 Å². The van der Waals surface area contributed by atoms with E-state index < -0.39 is 0 Å². The molecule has 2 aromatic rings. The molecule has 3 heteroatoms. The van der Waals surface area contributed by atoms with E-state index >= 15 is 0 Å². The second-order valence-corrected chi connectivity index (χ2v) is 4.66. The van der Waals surface area contributed by atoms with Crippen molar-refractivity contribution < 1.29 is 4.79 Å². The van der Waals surface area contributed by atoms with Gasteiger partial charge in [-0.05, 0) is 29.7 Å². The number of azo groups is 1. The Morgan fingerprint density at radius 2 is 1.70 bits per heavy atom. The molecule has 0 radical (unpaired) electrons. The lowest BCUT2D eigenvalue weighted by atomic mass is 10.00. The van der Waals surface area contributed by atoms with Crippen LogP contribution in [0.1, 0.15) is 29.3 Å². The van der Waals surface area contributed by atoms with Crippen molar-refractivity contribution in [3.05, 3.63) is 53.6 Å². The van der Waals surface area contributed by atoms with Crippen molar-refractivity contribution in [1.82, 2.24) is 0 Å². The van der Waals surface area contributed by atoms with E-state index in [1.54, 1.807) is 7.05 Å². The lowest BCUT2D eigenvalue weighted by Crippen LogP contribution is -1.95. The Kier molecular flexibility index (Phi) is 4.41. The van der Waals surface area contributed by atoms with Gasteiger partial charge in [0, 0.05) is 19.0 Å². The average Bonchev–Trinajstić information content (AvgIpc) is 2.49. The molecule has 0 bridgehead atoms. The van der Waals surface area contributed by atoms with Crippen molar-refractivity contribution >= 4 is 11.5 Å². The standard InChI is InChI=1S/C17H18N2O/c1-4-17(20)14-9-7-13(8-10-14)15-6-5-12(2)16(11-15)19-18-3/h5-11H,4H2,1-3H3. The maximum absolute atomic E-state index is 11.6. The summed E-state index contributed by atoms with van der Waals surface area (Å²) in [6.45, 7) is 3.88. The number of nitrogens with zero attached hydrogens (tertiary/aromatic N) is 2. The summed E-state index contributed by atoms with van der Waals surface area (Å²) in [7, 11) is 1.66. The first kappa shape index (κ1) is 14.1. The highest BCUT2D eigenvalue weighted by molar-refractivity contribution is 5.96. The lowest BCUT2D eigenvalue weighted by Gasteiger charge is -2.06. The quantitative estimate of drug-likeness (QED) is 0.569. The van der Waals surface area contributed by atoms with Crippen molar-refractivity contribution in [1.29, 1.82) is 0 Å². The van der Waals surface area contributed by atoms with Crippen LogP contribution >= 0.6 is 0 Å². The molecule has 0 heterocycles. The first-order valence-electron chi connectivity index (χ1n) is 6.70. The van der Waals surface area contributed by atoms with Gasteiger partial charge in [-0.15, -0.1) is 0 Å². The summed E-state index contributed by atoms with van der Waals surface area (Å²) in [4.78, 5) is 11.6. The minimum atomic E-state index is 0.168. The van der Waals surface area contributed by atoms with Crippen LogP contribution in [0.25, 0.3) is 11.1 Å². The van der Waals surface area contributed by atoms with E-state index in [0.717, 1.165) is 27.9 Å². The molecule has 0 atom stereocenters. The van der Waals surface area contributed by atoms with Gasteiger partial charge in [0.25, 0.3) is 0 Å². The lowest BCUT2D eigenvalue weighted by molar-refractivity contribution is 0.0988. The van der Waals surface area contributed by atoms with Crippen LogP contribution in [0.3, 0.4) is 0 Å². The summed E-state index contributed by atoms with van der Waals surface area (Å²) >= 11 is 0. The minimum Gasteiger partial charge on any atom is -0.294 e. The van der Waals surface area contributed by atoms with E-state index in [0.29, 0.717) is 6.42 Å². The summed E-state index contributed by atoms with van der Waals surface area (Å²) < 4.78 is 0. The number of ketones is 1. The van der Waals surface area contributed by atoms with Crippen LogP contribution in [0.2, 0.25) is 0 Å². The first-order chi connectivity index (χ1) is 9.65. The zero-order chi connectivity index (χ0) is 14.5. The molecule has 3 nitrogen and oxygen atoms in total. The maximum atomic E-state index is 11.6. The molecule has 0 aromatic heterocycles. The number of carbonyl (C=O) groups excluding carboxylic acids is 1. The van der Waals surface area contributed by atoms with Gasteiger partial charge < -0.3 is 0 Å². The SMILES string of the molecule is CCC(=O)c1ccc(-c2ccc(C)c(N=NC)c2)cc1. The van der Waals surface area contributed by atoms with Gasteiger partial charge in [-0.25, -0.2) is 0 Å². The number of Topliss-reactive ketones (excluding diaryl/α,β-unsaturated/α-hetero) is 1. The summed E-state index contributed by atoms with van der Waals surface area (Å²) in [5.41, 5.74) is 4.88. The molecule has 0 unspecified atom stereocenters. The van der Waals surface area contributed by atoms with Gasteiger partial charge in [-0.1, -0.05) is 43.3 Å². The average molecular weight is 266 g/mol. The molecule has 0 aliphatic rings. The number of hydrogen-bond acceptors (Lipinski definition) is 3. The minimum absolute atomic E-state index is 0.168. The Labute approximate surface area is 119 Å². The van der Waals surface area contributed by atoms with Crippen LogP contribution in [-0.4, -0.2) is 12.8 Å². The van der Waals surface area contributed by atoms with Gasteiger partial charge in [0.05, 0.1) is 5.69 Å². The zero-order valence-electron chi connectivity index (χ0n) is 12.1. The second kappa shape index (κ2) is 6.24. The van der Waals surface area contributed by atoms with Gasteiger partial charge in [0.2, 0.25) is 0 Å². The molecule has 2 aromatic carbocycles.